The molecule has 0 aromatic heterocycles. The van der Waals surface area contributed by atoms with Crippen molar-refractivity contribution in [3.05, 3.63) is 65.2 Å². The third-order valence-electron chi connectivity index (χ3n) is 5.32. The number of ether oxygens (including phenoxy) is 1. The van der Waals surface area contributed by atoms with Crippen molar-refractivity contribution in [2.24, 2.45) is 0 Å². The van der Waals surface area contributed by atoms with Gasteiger partial charge < -0.3 is 9.64 Å². The van der Waals surface area contributed by atoms with Gasteiger partial charge in [-0.15, -0.1) is 0 Å². The normalized spacial score (nSPS) is 20.4. The third-order valence-corrected chi connectivity index (χ3v) is 5.32. The number of amides is 2. The number of hydrogen-bond donors (Lipinski definition) is 0. The molecule has 2 aromatic rings. The molecule has 7 nitrogen and oxygen atoms in total. The quantitative estimate of drug-likeness (QED) is 0.767. The average Bonchev–Trinajstić information content (AvgIpc) is 3.09. The van der Waals surface area contributed by atoms with Crippen molar-refractivity contribution >= 4 is 23.5 Å². The Labute approximate surface area is 161 Å². The van der Waals surface area contributed by atoms with E-state index in [2.05, 4.69) is 0 Å². The van der Waals surface area contributed by atoms with Crippen molar-refractivity contribution in [2.75, 3.05) is 11.9 Å². The highest BCUT2D eigenvalue weighted by molar-refractivity contribution is 6.15. The lowest BCUT2D eigenvalue weighted by molar-refractivity contribution is -0.157. The van der Waals surface area contributed by atoms with Gasteiger partial charge in [0.15, 0.2) is 0 Å². The van der Waals surface area contributed by atoms with E-state index in [0.29, 0.717) is 22.4 Å². The van der Waals surface area contributed by atoms with E-state index in [-0.39, 0.29) is 31.3 Å². The van der Waals surface area contributed by atoms with E-state index in [1.165, 1.54) is 16.8 Å². The predicted octanol–water partition coefficient (Wildman–Crippen LogP) is 2.21. The Kier molecular flexibility index (Phi) is 4.12. The van der Waals surface area contributed by atoms with Gasteiger partial charge in [0, 0.05) is 19.9 Å². The highest BCUT2D eigenvalue weighted by Gasteiger charge is 2.60. The Morgan fingerprint density at radius 2 is 1.89 bits per heavy atom. The van der Waals surface area contributed by atoms with Gasteiger partial charge in [0.05, 0.1) is 22.9 Å². The maximum atomic E-state index is 13.1. The summed E-state index contributed by atoms with van der Waals surface area (Å²) in [5, 5.41) is 8.87. The van der Waals surface area contributed by atoms with E-state index in [4.69, 9.17) is 10.00 Å². The SMILES string of the molecule is CN1C(=O)c2ccccc2N2C(=O)CC[C@]12C(=O)OCc1ccc(C#N)cc1. The molecule has 0 N–H and O–H groups in total. The number of para-hydroxylation sites is 1. The topological polar surface area (TPSA) is 90.7 Å². The number of rotatable bonds is 3. The third kappa shape index (κ3) is 2.46. The number of nitriles is 1. The lowest BCUT2D eigenvalue weighted by Crippen LogP contribution is -2.67. The van der Waals surface area contributed by atoms with E-state index < -0.39 is 11.6 Å². The molecule has 0 aliphatic carbocycles. The summed E-state index contributed by atoms with van der Waals surface area (Å²) >= 11 is 0. The van der Waals surface area contributed by atoms with Crippen molar-refractivity contribution in [3.63, 3.8) is 0 Å². The van der Waals surface area contributed by atoms with Gasteiger partial charge in [-0.1, -0.05) is 24.3 Å². The number of carbonyl (C=O) groups excluding carboxylic acids is 3. The lowest BCUT2D eigenvalue weighted by Gasteiger charge is -2.46. The van der Waals surface area contributed by atoms with Gasteiger partial charge in [0.1, 0.15) is 6.61 Å². The van der Waals surface area contributed by atoms with Crippen LogP contribution in [-0.2, 0) is 20.9 Å². The monoisotopic (exact) mass is 375 g/mol. The lowest BCUT2D eigenvalue weighted by atomic mass is 9.97. The molecule has 0 spiro atoms. The van der Waals surface area contributed by atoms with Crippen molar-refractivity contribution in [2.45, 2.75) is 25.1 Å². The van der Waals surface area contributed by atoms with Crippen molar-refractivity contribution in [1.29, 1.82) is 5.26 Å². The summed E-state index contributed by atoms with van der Waals surface area (Å²) in [6.07, 6.45) is 0.326. The maximum Gasteiger partial charge on any atom is 0.354 e. The Balaban J connectivity index is 1.66. The molecule has 0 radical (unpaired) electrons. The van der Waals surface area contributed by atoms with Crippen LogP contribution in [0.4, 0.5) is 5.69 Å². The molecule has 1 atom stereocenters. The van der Waals surface area contributed by atoms with Gasteiger partial charge >= 0.3 is 5.97 Å². The van der Waals surface area contributed by atoms with Crippen LogP contribution in [0.3, 0.4) is 0 Å². The summed E-state index contributed by atoms with van der Waals surface area (Å²) in [6, 6.07) is 15.5. The number of fused-ring (bicyclic) bond motifs is 3. The molecule has 2 amide bonds. The first-order chi connectivity index (χ1) is 13.5. The number of esters is 1. The molecule has 1 saturated heterocycles. The van der Waals surface area contributed by atoms with Crippen LogP contribution < -0.4 is 4.90 Å². The van der Waals surface area contributed by atoms with Crippen molar-refractivity contribution < 1.29 is 19.1 Å². The second-order valence-electron chi connectivity index (χ2n) is 6.81. The zero-order chi connectivity index (χ0) is 19.9. The van der Waals surface area contributed by atoms with Crippen molar-refractivity contribution in [3.8, 4) is 6.07 Å². The van der Waals surface area contributed by atoms with Crippen LogP contribution >= 0.6 is 0 Å². The molecule has 2 heterocycles. The second-order valence-corrected chi connectivity index (χ2v) is 6.81. The zero-order valence-electron chi connectivity index (χ0n) is 15.2. The Morgan fingerprint density at radius 1 is 1.18 bits per heavy atom. The summed E-state index contributed by atoms with van der Waals surface area (Å²) in [6.45, 7) is -0.0159. The summed E-state index contributed by atoms with van der Waals surface area (Å²) in [7, 11) is 1.52. The number of carbonyl (C=O) groups is 3. The average molecular weight is 375 g/mol. The molecule has 1 fully saturated rings. The van der Waals surface area contributed by atoms with Gasteiger partial charge in [0.25, 0.3) is 5.91 Å². The van der Waals surface area contributed by atoms with Crippen molar-refractivity contribution in [1.82, 2.24) is 4.90 Å². The fraction of sp³-hybridized carbons (Fsp3) is 0.238. The molecule has 2 aliphatic heterocycles. The molecule has 28 heavy (non-hydrogen) atoms. The predicted molar refractivity (Wildman–Crippen MR) is 98.9 cm³/mol. The van der Waals surface area contributed by atoms with E-state index in [1.807, 2.05) is 6.07 Å². The van der Waals surface area contributed by atoms with Gasteiger partial charge in [-0.2, -0.15) is 5.26 Å². The van der Waals surface area contributed by atoms with Gasteiger partial charge in [-0.3, -0.25) is 14.5 Å². The second kappa shape index (κ2) is 6.50. The highest BCUT2D eigenvalue weighted by Crippen LogP contribution is 2.44. The standard InChI is InChI=1S/C21H17N3O4/c1-23-19(26)16-4-2-3-5-17(16)24-18(25)10-11-21(23,24)20(27)28-13-15-8-6-14(12-22)7-9-15/h2-9H,10-11,13H2,1H3/t21-/m0/s1. The van der Waals surface area contributed by atoms with Gasteiger partial charge in [-0.05, 0) is 29.8 Å². The molecule has 2 aliphatic rings. The Hall–Kier alpha value is -3.66. The van der Waals surface area contributed by atoms with E-state index in [1.54, 1.807) is 48.5 Å². The molecule has 0 unspecified atom stereocenters. The van der Waals surface area contributed by atoms with E-state index in [9.17, 15) is 14.4 Å². The smallest absolute Gasteiger partial charge is 0.354 e. The number of nitrogens with zero attached hydrogens (tertiary/aromatic N) is 3. The molecular weight excluding hydrogens is 358 g/mol. The summed E-state index contributed by atoms with van der Waals surface area (Å²) < 4.78 is 5.52. The Morgan fingerprint density at radius 3 is 2.61 bits per heavy atom. The first kappa shape index (κ1) is 17.7. The van der Waals surface area contributed by atoms with Crippen LogP contribution in [0.25, 0.3) is 0 Å². The Bertz CT molecular complexity index is 1020. The van der Waals surface area contributed by atoms with Gasteiger partial charge in [-0.25, -0.2) is 4.79 Å². The molecule has 0 saturated carbocycles. The van der Waals surface area contributed by atoms with Crippen LogP contribution in [0, 0.1) is 11.3 Å². The van der Waals surface area contributed by atoms with Crippen LogP contribution in [-0.4, -0.2) is 35.4 Å². The molecule has 140 valence electrons. The fourth-order valence-corrected chi connectivity index (χ4v) is 3.83. The minimum Gasteiger partial charge on any atom is -0.458 e. The number of anilines is 1. The molecular formula is C21H17N3O4. The van der Waals surface area contributed by atoms with E-state index >= 15 is 0 Å². The first-order valence-electron chi connectivity index (χ1n) is 8.85. The van der Waals surface area contributed by atoms with Crippen LogP contribution in [0.1, 0.15) is 34.3 Å². The summed E-state index contributed by atoms with van der Waals surface area (Å²) in [5.41, 5.74) is 0.564. The molecule has 7 heteroatoms. The molecule has 0 bridgehead atoms. The maximum absolute atomic E-state index is 13.1. The van der Waals surface area contributed by atoms with Crippen LogP contribution in [0.2, 0.25) is 0 Å². The fourth-order valence-electron chi connectivity index (χ4n) is 3.83. The largest absolute Gasteiger partial charge is 0.458 e. The van der Waals surface area contributed by atoms with E-state index in [0.717, 1.165) is 0 Å². The van der Waals surface area contributed by atoms with Crippen LogP contribution in [0.15, 0.2) is 48.5 Å². The molecule has 4 rings (SSSR count). The van der Waals surface area contributed by atoms with Gasteiger partial charge in [0.2, 0.25) is 11.6 Å². The number of likely N-dealkylation sites (N-methyl/N-ethyl adjacent to an activating group) is 1. The number of benzene rings is 2. The zero-order valence-corrected chi connectivity index (χ0v) is 15.2. The molecule has 2 aromatic carbocycles. The minimum atomic E-state index is -1.48. The summed E-state index contributed by atoms with van der Waals surface area (Å²) in [4.78, 5) is 41.3. The first-order valence-corrected chi connectivity index (χ1v) is 8.85. The minimum absolute atomic E-state index is 0.0159. The highest BCUT2D eigenvalue weighted by atomic mass is 16.5. The van der Waals surface area contributed by atoms with Crippen LogP contribution in [0.5, 0.6) is 0 Å². The number of hydrogen-bond acceptors (Lipinski definition) is 5. The summed E-state index contributed by atoms with van der Waals surface area (Å²) in [5.74, 6) is -1.19.